The quantitative estimate of drug-likeness (QED) is 0.249. The topological polar surface area (TPSA) is 135 Å². The number of hydrogen-bond acceptors (Lipinski definition) is 6. The van der Waals surface area contributed by atoms with Crippen LogP contribution >= 0.6 is 0 Å². The highest BCUT2D eigenvalue weighted by atomic mass is 32.2. The molecular weight excluding hydrogens is 483 g/mol. The van der Waals surface area contributed by atoms with Gasteiger partial charge in [0.15, 0.2) is 13.7 Å². The molecule has 10 nitrogen and oxygen atoms in total. The summed E-state index contributed by atoms with van der Waals surface area (Å²) in [5, 5.41) is 5.15. The molecule has 2 amide bonds. The van der Waals surface area contributed by atoms with Gasteiger partial charge in [-0.3, -0.25) is 18.8 Å². The Morgan fingerprint density at radius 1 is 1.06 bits per heavy atom. The molecule has 3 aromatic rings. The molecule has 1 aromatic carbocycles. The summed E-state index contributed by atoms with van der Waals surface area (Å²) in [5.41, 5.74) is 0.254. The van der Waals surface area contributed by atoms with Gasteiger partial charge in [-0.2, -0.15) is 0 Å². The number of carbonyl (C=O) groups is 2. The van der Waals surface area contributed by atoms with Gasteiger partial charge in [0.05, 0.1) is 17.7 Å². The van der Waals surface area contributed by atoms with Crippen LogP contribution in [0.15, 0.2) is 70.5 Å². The van der Waals surface area contributed by atoms with Crippen LogP contribution in [0.3, 0.4) is 0 Å². The first kappa shape index (κ1) is 27.0. The van der Waals surface area contributed by atoms with E-state index in [1.165, 1.54) is 22.6 Å². The molecule has 0 spiro atoms. The fourth-order valence-corrected chi connectivity index (χ4v) is 4.64. The molecule has 0 aliphatic rings. The van der Waals surface area contributed by atoms with Gasteiger partial charge in [0.1, 0.15) is 5.75 Å². The second kappa shape index (κ2) is 12.4. The molecule has 0 bridgehead atoms. The molecule has 2 radical (unpaired) electrons. The number of aromatic nitrogens is 1. The van der Waals surface area contributed by atoms with Crippen LogP contribution in [0.2, 0.25) is 0 Å². The summed E-state index contributed by atoms with van der Waals surface area (Å²) in [5.74, 6) is -0.575. The highest BCUT2D eigenvalue weighted by molar-refractivity contribution is 7.89. The number of nitrogens with one attached hydrogen (secondary N) is 3. The summed E-state index contributed by atoms with van der Waals surface area (Å²) >= 11 is 0. The minimum atomic E-state index is -3.71. The lowest BCUT2D eigenvalue weighted by Gasteiger charge is -2.15. The molecule has 2 heterocycles. The Hall–Kier alpha value is -3.64. The predicted molar refractivity (Wildman–Crippen MR) is 136 cm³/mol. The van der Waals surface area contributed by atoms with Crippen molar-refractivity contribution in [2.24, 2.45) is 0 Å². The molecule has 2 aromatic heterocycles. The summed E-state index contributed by atoms with van der Waals surface area (Å²) in [6, 6.07) is 13.5. The maximum absolute atomic E-state index is 12.6. The summed E-state index contributed by atoms with van der Waals surface area (Å²) < 4.78 is 34.4. The number of pyridine rings is 2. The fourth-order valence-electron chi connectivity index (χ4n) is 3.37. The largest absolute Gasteiger partial charge is 0.492 e. The van der Waals surface area contributed by atoms with Gasteiger partial charge in [-0.05, 0) is 50.1 Å². The molecule has 1 atom stereocenters. The van der Waals surface area contributed by atoms with Gasteiger partial charge in [-0.25, -0.2) is 13.1 Å². The van der Waals surface area contributed by atoms with Crippen molar-refractivity contribution in [3.05, 3.63) is 76.7 Å². The van der Waals surface area contributed by atoms with Gasteiger partial charge >= 0.3 is 0 Å². The van der Waals surface area contributed by atoms with Gasteiger partial charge in [-0.15, -0.1) is 0 Å². The Bertz CT molecular complexity index is 1380. The van der Waals surface area contributed by atoms with Crippen molar-refractivity contribution in [2.45, 2.75) is 30.7 Å². The first-order valence-electron chi connectivity index (χ1n) is 11.3. The minimum absolute atomic E-state index is 0.0337. The number of nitrogens with zero attached hydrogens (tertiary/aromatic N) is 1. The van der Waals surface area contributed by atoms with Crippen LogP contribution in [0.1, 0.15) is 30.1 Å². The average molecular weight is 510 g/mol. The Morgan fingerprint density at radius 3 is 2.53 bits per heavy atom. The second-order valence-corrected chi connectivity index (χ2v) is 9.85. The zero-order valence-corrected chi connectivity index (χ0v) is 20.6. The first-order chi connectivity index (χ1) is 17.2. The predicted octanol–water partition coefficient (Wildman–Crippen LogP) is 1.43. The molecule has 3 N–H and O–H groups in total. The summed E-state index contributed by atoms with van der Waals surface area (Å²) in [6.07, 6.45) is 2.93. The first-order valence-corrected chi connectivity index (χ1v) is 12.8. The van der Waals surface area contributed by atoms with Crippen molar-refractivity contribution < 1.29 is 22.7 Å². The van der Waals surface area contributed by atoms with Gasteiger partial charge in [0, 0.05) is 36.3 Å². The van der Waals surface area contributed by atoms with Crippen LogP contribution in [-0.4, -0.2) is 58.1 Å². The van der Waals surface area contributed by atoms with E-state index in [1.54, 1.807) is 49.5 Å². The number of unbranched alkanes of at least 4 members (excludes halogenated alkanes) is 1. The number of hydrogen-bond donors (Lipinski definition) is 3. The fraction of sp³-hybridized carbons (Fsp3) is 0.292. The molecule has 0 fully saturated rings. The molecule has 0 aliphatic heterocycles. The van der Waals surface area contributed by atoms with Crippen molar-refractivity contribution in [1.82, 2.24) is 19.8 Å². The molecule has 36 heavy (non-hydrogen) atoms. The second-order valence-electron chi connectivity index (χ2n) is 8.13. The van der Waals surface area contributed by atoms with Crippen molar-refractivity contribution in [2.75, 3.05) is 19.7 Å². The molecule has 0 saturated carbocycles. The van der Waals surface area contributed by atoms with Crippen molar-refractivity contribution >= 4 is 35.1 Å². The lowest BCUT2D eigenvalue weighted by molar-refractivity contribution is 0.0951. The van der Waals surface area contributed by atoms with E-state index in [4.69, 9.17) is 12.6 Å². The zero-order chi connectivity index (χ0) is 26.1. The van der Waals surface area contributed by atoms with Crippen molar-refractivity contribution in [1.29, 1.82) is 0 Å². The van der Waals surface area contributed by atoms with Gasteiger partial charge in [0.25, 0.3) is 11.5 Å². The number of benzene rings is 1. The highest BCUT2D eigenvalue weighted by Crippen LogP contribution is 2.14. The van der Waals surface area contributed by atoms with E-state index in [1.807, 2.05) is 0 Å². The van der Waals surface area contributed by atoms with Crippen LogP contribution in [0, 0.1) is 0 Å². The molecule has 0 unspecified atom stereocenters. The van der Waals surface area contributed by atoms with Gasteiger partial charge < -0.3 is 15.4 Å². The summed E-state index contributed by atoms with van der Waals surface area (Å²) in [6.45, 7) is 2.52. The lowest BCUT2D eigenvalue weighted by Crippen LogP contribution is -2.41. The number of carbonyl (C=O) groups excluding carboxylic acids is 2. The van der Waals surface area contributed by atoms with Crippen LogP contribution < -0.4 is 25.7 Å². The molecule has 0 saturated heterocycles. The molecule has 12 heteroatoms. The van der Waals surface area contributed by atoms with Crippen molar-refractivity contribution in [3.8, 4) is 5.75 Å². The monoisotopic (exact) mass is 510 g/mol. The average Bonchev–Trinajstić information content (AvgIpc) is 2.85. The van der Waals surface area contributed by atoms with E-state index in [0.717, 1.165) is 0 Å². The number of rotatable bonds is 12. The Balaban J connectivity index is 1.56. The van der Waals surface area contributed by atoms with Gasteiger partial charge in [0.2, 0.25) is 10.0 Å². The van der Waals surface area contributed by atoms with Crippen LogP contribution in [0.4, 0.5) is 4.79 Å². The summed E-state index contributed by atoms with van der Waals surface area (Å²) in [4.78, 5) is 36.0. The van der Waals surface area contributed by atoms with E-state index in [2.05, 4.69) is 15.4 Å². The smallest absolute Gasteiger partial charge is 0.255 e. The van der Waals surface area contributed by atoms with E-state index in [-0.39, 0.29) is 17.0 Å². The third-order valence-electron chi connectivity index (χ3n) is 5.15. The molecule has 188 valence electrons. The zero-order valence-electron chi connectivity index (χ0n) is 19.8. The number of sulfonamides is 1. The Labute approximate surface area is 210 Å². The van der Waals surface area contributed by atoms with Crippen molar-refractivity contribution in [3.63, 3.8) is 0 Å². The minimum Gasteiger partial charge on any atom is -0.492 e. The molecule has 3 rings (SSSR count). The third kappa shape index (κ3) is 7.69. The maximum atomic E-state index is 12.6. The van der Waals surface area contributed by atoms with Crippen LogP contribution in [0.5, 0.6) is 5.75 Å². The van der Waals surface area contributed by atoms with Crippen LogP contribution in [0.25, 0.3) is 5.52 Å². The Kier molecular flexibility index (Phi) is 9.26. The highest BCUT2D eigenvalue weighted by Gasteiger charge is 2.18. The van der Waals surface area contributed by atoms with E-state index >= 15 is 0 Å². The van der Waals surface area contributed by atoms with Crippen LogP contribution in [-0.2, 0) is 10.0 Å². The number of ether oxygens (including phenoxy) is 1. The maximum Gasteiger partial charge on any atom is 0.255 e. The number of fused-ring (bicyclic) bond motifs is 1. The normalized spacial score (nSPS) is 12.1. The molecule has 0 aliphatic carbocycles. The number of amides is 2. The SMILES string of the molecule is [B]C(=O)NCCCCOc1ccc2cc(C(=O)NC[C@@H](C)NS(=O)(=O)c3ccccc3)cc(=O)n2c1. The van der Waals surface area contributed by atoms with E-state index in [9.17, 15) is 22.8 Å². The molecular formula is C24H27BN4O6S. The Morgan fingerprint density at radius 2 is 1.81 bits per heavy atom. The van der Waals surface area contributed by atoms with E-state index < -0.39 is 33.3 Å². The third-order valence-corrected chi connectivity index (χ3v) is 6.76. The summed E-state index contributed by atoms with van der Waals surface area (Å²) in [7, 11) is 1.29. The van der Waals surface area contributed by atoms with E-state index in [0.29, 0.717) is 37.3 Å². The van der Waals surface area contributed by atoms with Gasteiger partial charge in [-0.1, -0.05) is 18.2 Å². The lowest BCUT2D eigenvalue weighted by atomic mass is 10.1. The standard InChI is InChI=1S/C24H27BN4O6S/c1-17(28-36(33,34)21-7-3-2-4-8-21)15-27-23(31)18-13-19-9-10-20(16-29(19)22(30)14-18)35-12-6-5-11-26-24(25)32/h2-4,7-10,13-14,16-17,28H,5-6,11-12,15H2,1H3,(H,26,32)(H,27,31)/t17-/m1/s1.